The third-order valence-electron chi connectivity index (χ3n) is 6.54. The number of rotatable bonds is 2. The molecule has 0 bridgehead atoms. The fourth-order valence-corrected chi connectivity index (χ4v) is 6.05. The molecule has 0 N–H and O–H groups in total. The first-order valence-electron chi connectivity index (χ1n) is 9.65. The highest BCUT2D eigenvalue weighted by atomic mass is 79.9. The standard InChI is InChI=1S/C26H23Br/c1-16-14-22-21(15-18-9-5-7-11-20(18)25(22)27)24(16)26(2,3)23-13-12-17-8-4-6-10-19(17)23/h4-15,23-24H,1-3H3. The molecule has 2 aliphatic rings. The van der Waals surface area contributed by atoms with E-state index in [4.69, 9.17) is 0 Å². The first kappa shape index (κ1) is 17.0. The van der Waals surface area contributed by atoms with Gasteiger partial charge in [0.25, 0.3) is 0 Å². The van der Waals surface area contributed by atoms with Crippen molar-refractivity contribution in [3.05, 3.63) is 93.0 Å². The zero-order chi connectivity index (χ0) is 18.8. The molecule has 0 spiro atoms. The summed E-state index contributed by atoms with van der Waals surface area (Å²) < 4.78 is 1.23. The van der Waals surface area contributed by atoms with Gasteiger partial charge in [0.15, 0.2) is 0 Å². The van der Waals surface area contributed by atoms with E-state index in [1.54, 1.807) is 0 Å². The topological polar surface area (TPSA) is 0 Å². The molecule has 5 rings (SSSR count). The molecule has 3 aromatic carbocycles. The van der Waals surface area contributed by atoms with Crippen molar-refractivity contribution in [2.45, 2.75) is 32.6 Å². The summed E-state index contributed by atoms with van der Waals surface area (Å²) in [6.07, 6.45) is 7.10. The average molecular weight is 415 g/mol. The fourth-order valence-electron chi connectivity index (χ4n) is 5.35. The van der Waals surface area contributed by atoms with E-state index in [0.29, 0.717) is 11.8 Å². The maximum Gasteiger partial charge on any atom is 0.0329 e. The maximum absolute atomic E-state index is 3.91. The summed E-state index contributed by atoms with van der Waals surface area (Å²) in [5.41, 5.74) is 7.21. The molecule has 0 aromatic heterocycles. The van der Waals surface area contributed by atoms with Crippen LogP contribution >= 0.6 is 15.9 Å². The summed E-state index contributed by atoms with van der Waals surface area (Å²) in [5.74, 6) is 0.840. The number of halogens is 1. The molecule has 0 saturated heterocycles. The smallest absolute Gasteiger partial charge is 0.0329 e. The zero-order valence-corrected chi connectivity index (χ0v) is 17.5. The minimum Gasteiger partial charge on any atom is -0.0758 e. The highest BCUT2D eigenvalue weighted by molar-refractivity contribution is 9.10. The Morgan fingerprint density at radius 2 is 1.67 bits per heavy atom. The van der Waals surface area contributed by atoms with Crippen LogP contribution in [0.2, 0.25) is 0 Å². The van der Waals surface area contributed by atoms with Crippen molar-refractivity contribution in [1.29, 1.82) is 0 Å². The molecule has 134 valence electrons. The normalized spacial score (nSPS) is 20.7. The van der Waals surface area contributed by atoms with E-state index in [0.717, 1.165) is 0 Å². The Balaban J connectivity index is 1.68. The molecule has 1 heteroatoms. The lowest BCUT2D eigenvalue weighted by Gasteiger charge is -2.39. The quantitative estimate of drug-likeness (QED) is 0.399. The van der Waals surface area contributed by atoms with Crippen LogP contribution in [0.1, 0.15) is 54.9 Å². The van der Waals surface area contributed by atoms with Gasteiger partial charge >= 0.3 is 0 Å². The van der Waals surface area contributed by atoms with Gasteiger partial charge in [-0.1, -0.05) is 86.2 Å². The Kier molecular flexibility index (Phi) is 3.74. The lowest BCUT2D eigenvalue weighted by atomic mass is 9.64. The monoisotopic (exact) mass is 414 g/mol. The Labute approximate surface area is 169 Å². The van der Waals surface area contributed by atoms with Crippen LogP contribution in [0.4, 0.5) is 0 Å². The molecule has 2 unspecified atom stereocenters. The molecule has 0 fully saturated rings. The van der Waals surface area contributed by atoms with Crippen molar-refractivity contribution in [2.75, 3.05) is 0 Å². The number of hydrogen-bond acceptors (Lipinski definition) is 0. The first-order chi connectivity index (χ1) is 13.0. The van der Waals surface area contributed by atoms with Crippen LogP contribution in [-0.2, 0) is 0 Å². The lowest BCUT2D eigenvalue weighted by Crippen LogP contribution is -2.28. The Bertz CT molecular complexity index is 1130. The zero-order valence-electron chi connectivity index (χ0n) is 16.0. The predicted octanol–water partition coefficient (Wildman–Crippen LogP) is 7.94. The van der Waals surface area contributed by atoms with Crippen LogP contribution in [-0.4, -0.2) is 0 Å². The number of fused-ring (bicyclic) bond motifs is 3. The Hall–Kier alpha value is -2.12. The van der Waals surface area contributed by atoms with Gasteiger partial charge in [0.2, 0.25) is 0 Å². The van der Waals surface area contributed by atoms with Gasteiger partial charge < -0.3 is 0 Å². The van der Waals surface area contributed by atoms with Gasteiger partial charge in [-0.15, -0.1) is 0 Å². The molecule has 0 nitrogen and oxygen atoms in total. The van der Waals surface area contributed by atoms with E-state index in [9.17, 15) is 0 Å². The van der Waals surface area contributed by atoms with Gasteiger partial charge in [-0.3, -0.25) is 0 Å². The summed E-state index contributed by atoms with van der Waals surface area (Å²) in [5, 5.41) is 2.61. The van der Waals surface area contributed by atoms with E-state index >= 15 is 0 Å². The van der Waals surface area contributed by atoms with Crippen molar-refractivity contribution in [3.8, 4) is 0 Å². The van der Waals surface area contributed by atoms with Gasteiger partial charge in [0.05, 0.1) is 0 Å². The van der Waals surface area contributed by atoms with E-state index in [1.165, 1.54) is 43.1 Å². The van der Waals surface area contributed by atoms with Crippen LogP contribution < -0.4 is 0 Å². The molecule has 0 saturated carbocycles. The fraction of sp³-hybridized carbons (Fsp3) is 0.231. The van der Waals surface area contributed by atoms with E-state index in [-0.39, 0.29) is 5.41 Å². The first-order valence-corrected chi connectivity index (χ1v) is 10.4. The molecule has 0 aliphatic heterocycles. The minimum atomic E-state index is 0.0941. The second kappa shape index (κ2) is 5.94. The highest BCUT2D eigenvalue weighted by Gasteiger charge is 2.43. The molecule has 27 heavy (non-hydrogen) atoms. The van der Waals surface area contributed by atoms with Gasteiger partial charge in [-0.2, -0.15) is 0 Å². The van der Waals surface area contributed by atoms with Gasteiger partial charge in [-0.05, 0) is 67.4 Å². The molecule has 2 atom stereocenters. The average Bonchev–Trinajstić information content (AvgIpc) is 3.23. The second-order valence-electron chi connectivity index (χ2n) is 8.52. The van der Waals surface area contributed by atoms with Crippen molar-refractivity contribution in [2.24, 2.45) is 5.41 Å². The highest BCUT2D eigenvalue weighted by Crippen LogP contribution is 2.57. The van der Waals surface area contributed by atoms with Crippen LogP contribution in [0.25, 0.3) is 22.9 Å². The van der Waals surface area contributed by atoms with Gasteiger partial charge in [0.1, 0.15) is 0 Å². The molecule has 3 aromatic rings. The summed E-state index contributed by atoms with van der Waals surface area (Å²) in [6, 6.07) is 19.9. The Morgan fingerprint density at radius 1 is 0.926 bits per heavy atom. The minimum absolute atomic E-state index is 0.0941. The summed E-state index contributed by atoms with van der Waals surface area (Å²) in [7, 11) is 0. The van der Waals surface area contributed by atoms with Crippen molar-refractivity contribution >= 4 is 38.9 Å². The molecular weight excluding hydrogens is 392 g/mol. The summed E-state index contributed by atoms with van der Waals surface area (Å²) >= 11 is 3.91. The van der Waals surface area contributed by atoms with Crippen LogP contribution in [0.3, 0.4) is 0 Å². The SMILES string of the molecule is CC1=Cc2c(cc3ccccc3c2Br)C1C(C)(C)C1C=Cc2ccccc21. The number of benzene rings is 3. The Morgan fingerprint density at radius 3 is 2.52 bits per heavy atom. The van der Waals surface area contributed by atoms with Crippen LogP contribution in [0, 0.1) is 5.41 Å². The van der Waals surface area contributed by atoms with Gasteiger partial charge in [0, 0.05) is 16.3 Å². The molecule has 0 radical (unpaired) electrons. The molecule has 0 heterocycles. The summed E-state index contributed by atoms with van der Waals surface area (Å²) in [6.45, 7) is 7.17. The van der Waals surface area contributed by atoms with E-state index in [1.807, 2.05) is 0 Å². The molecular formula is C26H23Br. The number of allylic oxidation sites excluding steroid dienone is 2. The lowest BCUT2D eigenvalue weighted by molar-refractivity contribution is 0.283. The molecule has 0 amide bonds. The predicted molar refractivity (Wildman–Crippen MR) is 120 cm³/mol. The second-order valence-corrected chi connectivity index (χ2v) is 9.32. The van der Waals surface area contributed by atoms with E-state index < -0.39 is 0 Å². The van der Waals surface area contributed by atoms with Gasteiger partial charge in [-0.25, -0.2) is 0 Å². The van der Waals surface area contributed by atoms with Crippen LogP contribution in [0.5, 0.6) is 0 Å². The number of hydrogen-bond donors (Lipinski definition) is 0. The maximum atomic E-state index is 3.91. The van der Waals surface area contributed by atoms with Crippen molar-refractivity contribution in [1.82, 2.24) is 0 Å². The van der Waals surface area contributed by atoms with E-state index in [2.05, 4.69) is 110 Å². The van der Waals surface area contributed by atoms with Crippen molar-refractivity contribution in [3.63, 3.8) is 0 Å². The largest absolute Gasteiger partial charge is 0.0758 e. The summed E-state index contributed by atoms with van der Waals surface area (Å²) in [4.78, 5) is 0. The third-order valence-corrected chi connectivity index (χ3v) is 7.39. The third kappa shape index (κ3) is 2.41. The molecule has 2 aliphatic carbocycles. The van der Waals surface area contributed by atoms with Crippen molar-refractivity contribution < 1.29 is 0 Å². The van der Waals surface area contributed by atoms with Crippen LogP contribution in [0.15, 0.2) is 70.7 Å².